The standard InChI is InChI=1S/C7H14O2.CH2O3/c1-3-5-7-9-8-6-4-2;2-1(3)4/h4,6H,3,5,7H2,1-2H3;(H2,2,3,4). The van der Waals surface area contributed by atoms with Gasteiger partial charge in [0.2, 0.25) is 0 Å². The molecule has 0 bridgehead atoms. The molecule has 0 aliphatic rings. The number of hydrogen-bond acceptors (Lipinski definition) is 3. The zero-order valence-electron chi connectivity index (χ0n) is 7.90. The van der Waals surface area contributed by atoms with Crippen LogP contribution in [0.4, 0.5) is 4.79 Å². The maximum absolute atomic E-state index is 8.56. The Balaban J connectivity index is 0. The van der Waals surface area contributed by atoms with Gasteiger partial charge in [-0.25, -0.2) is 4.79 Å². The zero-order valence-corrected chi connectivity index (χ0v) is 7.90. The van der Waals surface area contributed by atoms with Crippen molar-refractivity contribution in [2.75, 3.05) is 6.61 Å². The van der Waals surface area contributed by atoms with Crippen LogP contribution in [-0.2, 0) is 9.78 Å². The van der Waals surface area contributed by atoms with Crippen molar-refractivity contribution < 1.29 is 24.8 Å². The second-order valence-electron chi connectivity index (χ2n) is 2.02. The quantitative estimate of drug-likeness (QED) is 0.303. The molecule has 13 heavy (non-hydrogen) atoms. The molecule has 2 N–H and O–H groups in total. The molecule has 0 aromatic heterocycles. The molecule has 0 fully saturated rings. The van der Waals surface area contributed by atoms with Gasteiger partial charge in [0.15, 0.2) is 0 Å². The van der Waals surface area contributed by atoms with Crippen molar-refractivity contribution in [1.29, 1.82) is 0 Å². The van der Waals surface area contributed by atoms with Crippen LogP contribution in [0.15, 0.2) is 12.3 Å². The lowest BCUT2D eigenvalue weighted by molar-refractivity contribution is -0.249. The average molecular weight is 192 g/mol. The molecule has 0 unspecified atom stereocenters. The van der Waals surface area contributed by atoms with Crippen molar-refractivity contribution in [3.05, 3.63) is 12.3 Å². The van der Waals surface area contributed by atoms with Crippen molar-refractivity contribution in [1.82, 2.24) is 0 Å². The third-order valence-corrected chi connectivity index (χ3v) is 0.841. The van der Waals surface area contributed by atoms with Crippen LogP contribution in [0.25, 0.3) is 0 Å². The van der Waals surface area contributed by atoms with Crippen LogP contribution < -0.4 is 0 Å². The second kappa shape index (κ2) is 13.4. The van der Waals surface area contributed by atoms with Crippen LogP contribution >= 0.6 is 0 Å². The van der Waals surface area contributed by atoms with E-state index in [0.717, 1.165) is 12.8 Å². The number of allylic oxidation sites excluding steroid dienone is 1. The first-order chi connectivity index (χ1) is 6.15. The fraction of sp³-hybridized carbons (Fsp3) is 0.625. The van der Waals surface area contributed by atoms with Crippen LogP contribution in [0, 0.1) is 0 Å². The van der Waals surface area contributed by atoms with Crippen LogP contribution in [0.1, 0.15) is 26.7 Å². The lowest BCUT2D eigenvalue weighted by Gasteiger charge is -1.96. The van der Waals surface area contributed by atoms with E-state index in [-0.39, 0.29) is 0 Å². The molecule has 0 aliphatic carbocycles. The summed E-state index contributed by atoms with van der Waals surface area (Å²) in [4.78, 5) is 17.9. The van der Waals surface area contributed by atoms with Gasteiger partial charge in [0.05, 0.1) is 6.61 Å². The van der Waals surface area contributed by atoms with E-state index in [1.54, 1.807) is 6.08 Å². The van der Waals surface area contributed by atoms with Gasteiger partial charge in [-0.15, -0.1) is 0 Å². The van der Waals surface area contributed by atoms with E-state index < -0.39 is 6.16 Å². The number of hydrogen-bond donors (Lipinski definition) is 2. The van der Waals surface area contributed by atoms with Crippen LogP contribution in [-0.4, -0.2) is 23.0 Å². The van der Waals surface area contributed by atoms with Crippen molar-refractivity contribution in [3.8, 4) is 0 Å². The highest BCUT2D eigenvalue weighted by molar-refractivity contribution is 5.53. The Morgan fingerprint density at radius 1 is 1.46 bits per heavy atom. The molecule has 0 atom stereocenters. The Bertz CT molecular complexity index is 128. The van der Waals surface area contributed by atoms with E-state index in [2.05, 4.69) is 11.8 Å². The van der Waals surface area contributed by atoms with Gasteiger partial charge < -0.3 is 15.1 Å². The predicted molar refractivity (Wildman–Crippen MR) is 47.4 cm³/mol. The molecule has 0 radical (unpaired) electrons. The summed E-state index contributed by atoms with van der Waals surface area (Å²) in [6.07, 6.45) is 3.67. The van der Waals surface area contributed by atoms with Crippen molar-refractivity contribution in [3.63, 3.8) is 0 Å². The first-order valence-electron chi connectivity index (χ1n) is 3.96. The molecular formula is C8H16O5. The zero-order chi connectivity index (χ0) is 10.5. The molecule has 0 rings (SSSR count). The molecule has 0 saturated heterocycles. The Morgan fingerprint density at radius 2 is 2.00 bits per heavy atom. The monoisotopic (exact) mass is 192 g/mol. The first-order valence-corrected chi connectivity index (χ1v) is 3.96. The Hall–Kier alpha value is -1.23. The summed E-state index contributed by atoms with van der Waals surface area (Å²) >= 11 is 0. The number of carbonyl (C=O) groups is 1. The molecule has 0 heterocycles. The lowest BCUT2D eigenvalue weighted by atomic mass is 10.4. The molecule has 0 aromatic rings. The van der Waals surface area contributed by atoms with E-state index in [1.807, 2.05) is 6.92 Å². The summed E-state index contributed by atoms with van der Waals surface area (Å²) in [6, 6.07) is 0. The average Bonchev–Trinajstić information content (AvgIpc) is 2.03. The van der Waals surface area contributed by atoms with Gasteiger partial charge in [-0.2, -0.15) is 4.89 Å². The van der Waals surface area contributed by atoms with Gasteiger partial charge in [0.25, 0.3) is 0 Å². The highest BCUT2D eigenvalue weighted by Crippen LogP contribution is 1.88. The van der Waals surface area contributed by atoms with Crippen LogP contribution in [0.2, 0.25) is 0 Å². The summed E-state index contributed by atoms with van der Waals surface area (Å²) < 4.78 is 0. The molecule has 0 amide bonds. The summed E-state index contributed by atoms with van der Waals surface area (Å²) in [5.41, 5.74) is 0. The maximum atomic E-state index is 8.56. The highest BCUT2D eigenvalue weighted by Gasteiger charge is 1.81. The molecule has 5 nitrogen and oxygen atoms in total. The van der Waals surface area contributed by atoms with E-state index in [1.165, 1.54) is 6.26 Å². The fourth-order valence-electron chi connectivity index (χ4n) is 0.346. The number of unbranched alkanes of at least 4 members (excludes halogenated alkanes) is 1. The fourth-order valence-corrected chi connectivity index (χ4v) is 0.346. The molecule has 5 heteroatoms. The van der Waals surface area contributed by atoms with E-state index in [9.17, 15) is 0 Å². The molecule has 0 spiro atoms. The third-order valence-electron chi connectivity index (χ3n) is 0.841. The Kier molecular flexibility index (Phi) is 14.7. The van der Waals surface area contributed by atoms with E-state index in [4.69, 9.17) is 19.9 Å². The van der Waals surface area contributed by atoms with E-state index in [0.29, 0.717) is 6.61 Å². The normalized spacial score (nSPS) is 9.08. The first kappa shape index (κ1) is 14.3. The predicted octanol–water partition coefficient (Wildman–Crippen LogP) is 2.49. The van der Waals surface area contributed by atoms with Gasteiger partial charge in [-0.1, -0.05) is 13.3 Å². The van der Waals surface area contributed by atoms with Crippen molar-refractivity contribution in [2.45, 2.75) is 26.7 Å². The molecular weight excluding hydrogens is 176 g/mol. The Morgan fingerprint density at radius 3 is 2.38 bits per heavy atom. The molecule has 78 valence electrons. The van der Waals surface area contributed by atoms with Crippen LogP contribution in [0.5, 0.6) is 0 Å². The Labute approximate surface area is 77.5 Å². The van der Waals surface area contributed by atoms with Gasteiger partial charge in [0.1, 0.15) is 6.26 Å². The minimum absolute atomic E-state index is 0.681. The van der Waals surface area contributed by atoms with Crippen molar-refractivity contribution in [2.24, 2.45) is 0 Å². The summed E-state index contributed by atoms with van der Waals surface area (Å²) in [5, 5.41) is 13.9. The highest BCUT2D eigenvalue weighted by atomic mass is 17.2. The summed E-state index contributed by atoms with van der Waals surface area (Å²) in [5.74, 6) is 0. The lowest BCUT2D eigenvalue weighted by Crippen LogP contribution is -1.89. The second-order valence-corrected chi connectivity index (χ2v) is 2.02. The summed E-state index contributed by atoms with van der Waals surface area (Å²) in [7, 11) is 0. The molecule has 0 saturated carbocycles. The summed E-state index contributed by atoms with van der Waals surface area (Å²) in [6.45, 7) is 4.67. The smallest absolute Gasteiger partial charge is 0.450 e. The third kappa shape index (κ3) is 36.4. The van der Waals surface area contributed by atoms with Crippen molar-refractivity contribution >= 4 is 6.16 Å². The van der Waals surface area contributed by atoms with Gasteiger partial charge in [-0.05, 0) is 19.4 Å². The largest absolute Gasteiger partial charge is 0.503 e. The maximum Gasteiger partial charge on any atom is 0.503 e. The topological polar surface area (TPSA) is 76.0 Å². The van der Waals surface area contributed by atoms with Gasteiger partial charge in [0, 0.05) is 0 Å². The SMILES string of the molecule is CC=COOCCCC.O=C(O)O. The van der Waals surface area contributed by atoms with E-state index >= 15 is 0 Å². The molecule has 0 aliphatic heterocycles. The van der Waals surface area contributed by atoms with Gasteiger partial charge in [-0.3, -0.25) is 0 Å². The minimum Gasteiger partial charge on any atom is -0.450 e. The molecule has 0 aromatic carbocycles. The van der Waals surface area contributed by atoms with Gasteiger partial charge >= 0.3 is 6.16 Å². The number of carboxylic acid groups (broad SMARTS) is 2. The minimum atomic E-state index is -1.83. The number of rotatable bonds is 5. The van der Waals surface area contributed by atoms with Crippen LogP contribution in [0.3, 0.4) is 0 Å².